The van der Waals surface area contributed by atoms with E-state index in [-0.39, 0.29) is 5.91 Å². The van der Waals surface area contributed by atoms with Crippen LogP contribution in [0.3, 0.4) is 0 Å². The summed E-state index contributed by atoms with van der Waals surface area (Å²) in [7, 11) is 0. The number of ether oxygens (including phenoxy) is 1. The van der Waals surface area contributed by atoms with Crippen LogP contribution in [0, 0.1) is 13.8 Å². The average Bonchev–Trinajstić information content (AvgIpc) is 3.34. The van der Waals surface area contributed by atoms with Crippen molar-refractivity contribution >= 4 is 28.3 Å². The third kappa shape index (κ3) is 4.65. The highest BCUT2D eigenvalue weighted by atomic mass is 32.1. The van der Waals surface area contributed by atoms with Gasteiger partial charge in [0.05, 0.1) is 5.69 Å². The van der Waals surface area contributed by atoms with Crippen LogP contribution in [-0.4, -0.2) is 16.8 Å². The lowest BCUT2D eigenvalue weighted by atomic mass is 10.2. The van der Waals surface area contributed by atoms with Crippen LogP contribution in [0.4, 0.5) is 5.13 Å². The maximum absolute atomic E-state index is 12.6. The van der Waals surface area contributed by atoms with Gasteiger partial charge in [-0.05, 0) is 68.4 Å². The van der Waals surface area contributed by atoms with Crippen molar-refractivity contribution in [1.29, 1.82) is 0 Å². The number of nitrogens with one attached hydrogen (secondary N) is 1. The van der Waals surface area contributed by atoms with Gasteiger partial charge >= 0.3 is 0 Å². The van der Waals surface area contributed by atoms with Crippen molar-refractivity contribution < 1.29 is 18.7 Å². The van der Waals surface area contributed by atoms with Gasteiger partial charge < -0.3 is 14.9 Å². The van der Waals surface area contributed by atoms with Gasteiger partial charge in [0.25, 0.3) is 5.91 Å². The van der Waals surface area contributed by atoms with E-state index in [0.717, 1.165) is 22.8 Å². The van der Waals surface area contributed by atoms with E-state index in [0.29, 0.717) is 27.8 Å². The van der Waals surface area contributed by atoms with Crippen LogP contribution in [0.25, 0.3) is 11.3 Å². The lowest BCUT2D eigenvalue weighted by Gasteiger charge is -2.07. The van der Waals surface area contributed by atoms with Crippen molar-refractivity contribution in [2.45, 2.75) is 13.8 Å². The largest absolute Gasteiger partial charge is 0.466 e. The van der Waals surface area contributed by atoms with E-state index in [1.54, 1.807) is 48.5 Å². The van der Waals surface area contributed by atoms with Gasteiger partial charge in [-0.25, -0.2) is 4.98 Å². The molecule has 0 saturated heterocycles. The number of amides is 2. The van der Waals surface area contributed by atoms with Crippen molar-refractivity contribution in [2.24, 2.45) is 5.73 Å². The summed E-state index contributed by atoms with van der Waals surface area (Å²) in [6.45, 7) is 3.77. The number of primary amides is 1. The first-order valence-electron chi connectivity index (χ1n) is 9.41. The number of furan rings is 1. The summed E-state index contributed by atoms with van der Waals surface area (Å²) >= 11 is 1.35. The van der Waals surface area contributed by atoms with E-state index in [2.05, 4.69) is 10.3 Å². The number of carbonyl (C=O) groups is 2. The number of aryl methyl sites for hydroxylation is 2. The van der Waals surface area contributed by atoms with Gasteiger partial charge in [-0.2, -0.15) is 0 Å². The molecule has 2 aromatic heterocycles. The second-order valence-corrected chi connectivity index (χ2v) is 7.69. The number of nitrogens with two attached hydrogens (primary N) is 1. The Morgan fingerprint density at radius 2 is 1.61 bits per heavy atom. The molecule has 4 rings (SSSR count). The molecular formula is C23H19N3O4S. The Morgan fingerprint density at radius 1 is 1.00 bits per heavy atom. The second kappa shape index (κ2) is 8.45. The summed E-state index contributed by atoms with van der Waals surface area (Å²) in [6.07, 6.45) is 0. The van der Waals surface area contributed by atoms with Gasteiger partial charge in [-0.15, -0.1) is 11.3 Å². The quantitative estimate of drug-likeness (QED) is 0.436. The number of carbonyl (C=O) groups excluding carboxylic acids is 2. The molecule has 8 heteroatoms. The monoisotopic (exact) mass is 433 g/mol. The summed E-state index contributed by atoms with van der Waals surface area (Å²) in [5, 5.41) is 5.20. The number of anilines is 1. The molecule has 4 aromatic rings. The number of benzene rings is 2. The third-order valence-electron chi connectivity index (χ3n) is 4.53. The highest BCUT2D eigenvalue weighted by Gasteiger charge is 2.14. The molecule has 0 atom stereocenters. The van der Waals surface area contributed by atoms with Crippen LogP contribution in [0.2, 0.25) is 0 Å². The lowest BCUT2D eigenvalue weighted by Crippen LogP contribution is -2.11. The van der Waals surface area contributed by atoms with E-state index < -0.39 is 5.91 Å². The van der Waals surface area contributed by atoms with Crippen LogP contribution < -0.4 is 15.8 Å². The Labute approximate surface area is 182 Å². The number of hydrogen-bond acceptors (Lipinski definition) is 6. The van der Waals surface area contributed by atoms with Crippen LogP contribution >= 0.6 is 11.3 Å². The standard InChI is InChI=1S/C23H19N3O4S/c1-13-11-19(14(2)29-13)20-12-31-23(25-20)26-22(28)16-5-9-18(10-6-16)30-17-7-3-15(4-8-17)21(24)27/h3-12H,1-2H3,(H2,24,27)(H,25,26,28). The molecule has 0 bridgehead atoms. The van der Waals surface area contributed by atoms with Gasteiger partial charge in [-0.3, -0.25) is 14.9 Å². The van der Waals surface area contributed by atoms with E-state index in [4.69, 9.17) is 14.9 Å². The predicted molar refractivity (Wildman–Crippen MR) is 119 cm³/mol. The maximum Gasteiger partial charge on any atom is 0.257 e. The summed E-state index contributed by atoms with van der Waals surface area (Å²) in [5.74, 6) is 1.97. The zero-order chi connectivity index (χ0) is 22.0. The topological polar surface area (TPSA) is 107 Å². The minimum atomic E-state index is -0.496. The van der Waals surface area contributed by atoms with Gasteiger partial charge in [0.2, 0.25) is 5.91 Å². The fourth-order valence-electron chi connectivity index (χ4n) is 3.01. The molecule has 31 heavy (non-hydrogen) atoms. The van der Waals surface area contributed by atoms with Crippen molar-refractivity contribution in [3.63, 3.8) is 0 Å². The first kappa shape index (κ1) is 20.4. The maximum atomic E-state index is 12.6. The van der Waals surface area contributed by atoms with Crippen LogP contribution in [0.5, 0.6) is 11.5 Å². The number of rotatable bonds is 6. The first-order chi connectivity index (χ1) is 14.9. The Kier molecular flexibility index (Phi) is 5.55. The smallest absolute Gasteiger partial charge is 0.257 e. The Morgan fingerprint density at radius 3 is 2.16 bits per heavy atom. The number of hydrogen-bond donors (Lipinski definition) is 2. The Bertz CT molecular complexity index is 1240. The van der Waals surface area contributed by atoms with Gasteiger partial charge in [-0.1, -0.05) is 0 Å². The minimum Gasteiger partial charge on any atom is -0.466 e. The number of thiazole rings is 1. The van der Waals surface area contributed by atoms with Crippen LogP contribution in [0.1, 0.15) is 32.2 Å². The molecule has 156 valence electrons. The fraction of sp³-hybridized carbons (Fsp3) is 0.0870. The normalized spacial score (nSPS) is 10.6. The van der Waals surface area contributed by atoms with E-state index in [1.165, 1.54) is 11.3 Å². The molecule has 0 saturated carbocycles. The van der Waals surface area contributed by atoms with Crippen LogP contribution in [0.15, 0.2) is 64.4 Å². The van der Waals surface area contributed by atoms with Gasteiger partial charge in [0, 0.05) is 22.1 Å². The van der Waals surface area contributed by atoms with Crippen LogP contribution in [-0.2, 0) is 0 Å². The van der Waals surface area contributed by atoms with E-state index >= 15 is 0 Å². The summed E-state index contributed by atoms with van der Waals surface area (Å²) in [5.41, 5.74) is 7.79. The Hall–Kier alpha value is -3.91. The van der Waals surface area contributed by atoms with Crippen molar-refractivity contribution in [1.82, 2.24) is 4.98 Å². The molecule has 0 aliphatic heterocycles. The van der Waals surface area contributed by atoms with Crippen molar-refractivity contribution in [3.05, 3.63) is 82.6 Å². The molecule has 2 aromatic carbocycles. The summed E-state index contributed by atoms with van der Waals surface area (Å²) in [6, 6.07) is 15.1. The van der Waals surface area contributed by atoms with Crippen molar-refractivity contribution in [2.75, 3.05) is 5.32 Å². The molecule has 0 aliphatic carbocycles. The zero-order valence-electron chi connectivity index (χ0n) is 16.8. The minimum absolute atomic E-state index is 0.265. The summed E-state index contributed by atoms with van der Waals surface area (Å²) < 4.78 is 11.3. The highest BCUT2D eigenvalue weighted by Crippen LogP contribution is 2.30. The molecule has 0 fully saturated rings. The SMILES string of the molecule is Cc1cc(-c2csc(NC(=O)c3ccc(Oc4ccc(C(N)=O)cc4)cc3)n2)c(C)o1. The average molecular weight is 433 g/mol. The molecule has 0 unspecified atom stereocenters. The summed E-state index contributed by atoms with van der Waals surface area (Å²) in [4.78, 5) is 28.2. The fourth-order valence-corrected chi connectivity index (χ4v) is 3.71. The van der Waals surface area contributed by atoms with Crippen molar-refractivity contribution in [3.8, 4) is 22.8 Å². The first-order valence-corrected chi connectivity index (χ1v) is 10.3. The molecule has 0 radical (unpaired) electrons. The lowest BCUT2D eigenvalue weighted by molar-refractivity contribution is 0.0997. The molecule has 2 amide bonds. The van der Waals surface area contributed by atoms with E-state index in [9.17, 15) is 9.59 Å². The second-order valence-electron chi connectivity index (χ2n) is 6.83. The van der Waals surface area contributed by atoms with Gasteiger partial charge in [0.15, 0.2) is 5.13 Å². The van der Waals surface area contributed by atoms with E-state index in [1.807, 2.05) is 25.3 Å². The number of nitrogens with zero attached hydrogens (tertiary/aromatic N) is 1. The number of aromatic nitrogens is 1. The third-order valence-corrected chi connectivity index (χ3v) is 5.29. The molecule has 0 aliphatic rings. The van der Waals surface area contributed by atoms with Gasteiger partial charge in [0.1, 0.15) is 23.0 Å². The zero-order valence-corrected chi connectivity index (χ0v) is 17.7. The molecule has 0 spiro atoms. The Balaban J connectivity index is 1.40. The molecular weight excluding hydrogens is 414 g/mol. The highest BCUT2D eigenvalue weighted by molar-refractivity contribution is 7.14. The molecule has 7 nitrogen and oxygen atoms in total. The molecule has 2 heterocycles. The molecule has 3 N–H and O–H groups in total. The predicted octanol–water partition coefficient (Wildman–Crippen LogP) is 5.16.